The summed E-state index contributed by atoms with van der Waals surface area (Å²) in [5.41, 5.74) is 0.201. The van der Waals surface area contributed by atoms with Gasteiger partial charge in [-0.3, -0.25) is 0 Å². The summed E-state index contributed by atoms with van der Waals surface area (Å²) in [7, 11) is 0. The van der Waals surface area contributed by atoms with Crippen LogP contribution in [-0.4, -0.2) is 13.1 Å². The van der Waals surface area contributed by atoms with E-state index in [-0.39, 0.29) is 5.56 Å². The fourth-order valence-corrected chi connectivity index (χ4v) is 3.41. The molecule has 1 unspecified atom stereocenters. The van der Waals surface area contributed by atoms with Crippen molar-refractivity contribution in [1.29, 1.82) is 0 Å². The average molecular weight is 253 g/mol. The molecule has 0 bridgehead atoms. The Labute approximate surface area is 102 Å². The highest BCUT2D eigenvalue weighted by Gasteiger charge is 2.43. The van der Waals surface area contributed by atoms with Crippen molar-refractivity contribution in [3.63, 3.8) is 0 Å². The van der Waals surface area contributed by atoms with Crippen molar-refractivity contribution in [3.8, 4) is 0 Å². The first kappa shape index (κ1) is 11.1. The van der Waals surface area contributed by atoms with E-state index in [1.54, 1.807) is 11.4 Å². The molecule has 1 aliphatic heterocycles. The van der Waals surface area contributed by atoms with Crippen LogP contribution in [0.15, 0.2) is 29.6 Å². The zero-order valence-electron chi connectivity index (χ0n) is 9.25. The number of fused-ring (bicyclic) bond motifs is 1. The Morgan fingerprint density at radius 2 is 2.12 bits per heavy atom. The Kier molecular flexibility index (Phi) is 2.64. The van der Waals surface area contributed by atoms with Crippen LogP contribution in [0.4, 0.5) is 8.78 Å². The number of hydrogen-bond donors (Lipinski definition) is 1. The minimum atomic E-state index is -2.72. The van der Waals surface area contributed by atoms with Crippen molar-refractivity contribution in [2.75, 3.05) is 13.1 Å². The summed E-state index contributed by atoms with van der Waals surface area (Å²) in [5, 5.41) is 5.33. The predicted molar refractivity (Wildman–Crippen MR) is 66.7 cm³/mol. The van der Waals surface area contributed by atoms with E-state index in [9.17, 15) is 8.78 Å². The molecule has 0 radical (unpaired) electrons. The lowest BCUT2D eigenvalue weighted by Crippen LogP contribution is -2.27. The van der Waals surface area contributed by atoms with Crippen LogP contribution in [0.25, 0.3) is 10.1 Å². The molecule has 1 N–H and O–H groups in total. The number of thiophene rings is 1. The first-order valence-electron chi connectivity index (χ1n) is 5.75. The van der Waals surface area contributed by atoms with Crippen LogP contribution in [0.2, 0.25) is 0 Å². The van der Waals surface area contributed by atoms with Gasteiger partial charge >= 0.3 is 0 Å². The van der Waals surface area contributed by atoms with Gasteiger partial charge in [0.2, 0.25) is 0 Å². The summed E-state index contributed by atoms with van der Waals surface area (Å²) in [6, 6.07) is 7.39. The van der Waals surface area contributed by atoms with Crippen molar-refractivity contribution in [1.82, 2.24) is 5.32 Å². The van der Waals surface area contributed by atoms with Crippen LogP contribution in [0.3, 0.4) is 0 Å². The zero-order valence-corrected chi connectivity index (χ0v) is 10.1. The molecule has 0 saturated carbocycles. The maximum Gasteiger partial charge on any atom is 0.278 e. The second-order valence-corrected chi connectivity index (χ2v) is 5.37. The highest BCUT2D eigenvalue weighted by Crippen LogP contribution is 2.44. The Balaban J connectivity index is 2.07. The van der Waals surface area contributed by atoms with Crippen LogP contribution < -0.4 is 5.32 Å². The third-order valence-corrected chi connectivity index (χ3v) is 4.38. The van der Waals surface area contributed by atoms with Gasteiger partial charge < -0.3 is 5.32 Å². The van der Waals surface area contributed by atoms with Crippen LogP contribution in [0, 0.1) is 5.92 Å². The number of rotatable bonds is 2. The molecule has 90 valence electrons. The van der Waals surface area contributed by atoms with Gasteiger partial charge in [-0.2, -0.15) is 0 Å². The first-order valence-corrected chi connectivity index (χ1v) is 6.63. The zero-order chi connectivity index (χ0) is 11.9. The molecule has 3 rings (SSSR count). The summed E-state index contributed by atoms with van der Waals surface area (Å²) in [4.78, 5) is 0. The third-order valence-electron chi connectivity index (χ3n) is 3.41. The van der Waals surface area contributed by atoms with Gasteiger partial charge in [-0.05, 0) is 19.0 Å². The molecule has 0 spiro atoms. The Bertz CT molecular complexity index is 529. The number of benzene rings is 1. The minimum Gasteiger partial charge on any atom is -0.316 e. The van der Waals surface area contributed by atoms with E-state index in [0.717, 1.165) is 4.70 Å². The lowest BCUT2D eigenvalue weighted by Gasteiger charge is -2.22. The van der Waals surface area contributed by atoms with E-state index in [1.807, 2.05) is 18.2 Å². The van der Waals surface area contributed by atoms with E-state index in [0.29, 0.717) is 24.9 Å². The molecule has 2 aromatic rings. The summed E-state index contributed by atoms with van der Waals surface area (Å²) in [6.45, 7) is 1.11. The fraction of sp³-hybridized carbons (Fsp3) is 0.385. The van der Waals surface area contributed by atoms with E-state index >= 15 is 0 Å². The lowest BCUT2D eigenvalue weighted by atomic mass is 9.93. The fourth-order valence-electron chi connectivity index (χ4n) is 2.42. The third kappa shape index (κ3) is 1.76. The van der Waals surface area contributed by atoms with Gasteiger partial charge in [0.1, 0.15) is 0 Å². The number of hydrogen-bond acceptors (Lipinski definition) is 2. The molecule has 1 aliphatic rings. The minimum absolute atomic E-state index is 0.201. The van der Waals surface area contributed by atoms with Crippen molar-refractivity contribution in [3.05, 3.63) is 35.2 Å². The maximum absolute atomic E-state index is 14.4. The normalized spacial score (nSPS) is 21.2. The summed E-state index contributed by atoms with van der Waals surface area (Å²) >= 11 is 1.40. The van der Waals surface area contributed by atoms with Gasteiger partial charge in [0.05, 0.1) is 0 Å². The van der Waals surface area contributed by atoms with E-state index in [4.69, 9.17) is 0 Å². The quantitative estimate of drug-likeness (QED) is 0.862. The highest BCUT2D eigenvalue weighted by molar-refractivity contribution is 7.17. The van der Waals surface area contributed by atoms with Gasteiger partial charge in [0.25, 0.3) is 5.92 Å². The van der Waals surface area contributed by atoms with E-state index in [2.05, 4.69) is 5.32 Å². The van der Waals surface area contributed by atoms with Crippen LogP contribution >= 0.6 is 11.3 Å². The molecular weight excluding hydrogens is 240 g/mol. The Morgan fingerprint density at radius 3 is 2.88 bits per heavy atom. The number of halogens is 2. The highest BCUT2D eigenvalue weighted by atomic mass is 32.1. The standard InChI is InChI=1S/C13H13F2NS/c14-13(15,9-5-6-16-7-9)11-8-17-12-4-2-1-3-10(11)12/h1-4,8-9,16H,5-7H2. The number of nitrogens with one attached hydrogen (secondary N) is 1. The van der Waals surface area contributed by atoms with Gasteiger partial charge in [-0.15, -0.1) is 11.3 Å². The van der Waals surface area contributed by atoms with E-state index < -0.39 is 11.8 Å². The summed E-state index contributed by atoms with van der Waals surface area (Å²) in [6.07, 6.45) is 0.553. The van der Waals surface area contributed by atoms with E-state index in [1.165, 1.54) is 11.3 Å². The smallest absolute Gasteiger partial charge is 0.278 e. The number of alkyl halides is 2. The Morgan fingerprint density at radius 1 is 1.29 bits per heavy atom. The molecule has 2 heterocycles. The molecule has 1 atom stereocenters. The second-order valence-electron chi connectivity index (χ2n) is 4.46. The average Bonchev–Trinajstić information content (AvgIpc) is 2.99. The molecule has 1 nitrogen and oxygen atoms in total. The SMILES string of the molecule is FC(F)(c1csc2ccccc12)C1CCNC1. The molecule has 4 heteroatoms. The van der Waals surface area contributed by atoms with Crippen molar-refractivity contribution < 1.29 is 8.78 Å². The van der Waals surface area contributed by atoms with Crippen molar-refractivity contribution in [2.45, 2.75) is 12.3 Å². The first-order chi connectivity index (χ1) is 8.19. The second kappa shape index (κ2) is 4.03. The van der Waals surface area contributed by atoms with Crippen LogP contribution in [0.5, 0.6) is 0 Å². The monoisotopic (exact) mass is 253 g/mol. The predicted octanol–water partition coefficient (Wildman–Crippen LogP) is 3.60. The maximum atomic E-state index is 14.4. The van der Waals surface area contributed by atoms with Gasteiger partial charge in [0.15, 0.2) is 0 Å². The molecule has 17 heavy (non-hydrogen) atoms. The molecule has 1 fully saturated rings. The largest absolute Gasteiger partial charge is 0.316 e. The topological polar surface area (TPSA) is 12.0 Å². The summed E-state index contributed by atoms with van der Waals surface area (Å²) < 4.78 is 29.7. The molecule has 1 aromatic heterocycles. The Hall–Kier alpha value is -1.00. The van der Waals surface area contributed by atoms with Gasteiger partial charge in [0, 0.05) is 33.5 Å². The summed E-state index contributed by atoms with van der Waals surface area (Å²) in [5.74, 6) is -3.29. The lowest BCUT2D eigenvalue weighted by molar-refractivity contribution is -0.0558. The van der Waals surface area contributed by atoms with Crippen molar-refractivity contribution >= 4 is 21.4 Å². The van der Waals surface area contributed by atoms with Crippen LogP contribution in [0.1, 0.15) is 12.0 Å². The molecule has 1 aromatic carbocycles. The molecule has 1 saturated heterocycles. The van der Waals surface area contributed by atoms with Gasteiger partial charge in [-0.25, -0.2) is 8.78 Å². The van der Waals surface area contributed by atoms with Gasteiger partial charge in [-0.1, -0.05) is 18.2 Å². The van der Waals surface area contributed by atoms with Crippen LogP contribution in [-0.2, 0) is 5.92 Å². The van der Waals surface area contributed by atoms with Crippen molar-refractivity contribution in [2.24, 2.45) is 5.92 Å². The molecule has 0 aliphatic carbocycles. The molecule has 0 amide bonds. The molecular formula is C13H13F2NS.